The molecule has 0 spiro atoms. The fraction of sp³-hybridized carbons (Fsp3) is 0.143. The monoisotopic (exact) mass is 242 g/mol. The van der Waals surface area contributed by atoms with E-state index in [1.807, 2.05) is 6.92 Å². The van der Waals surface area contributed by atoms with Gasteiger partial charge in [0.2, 0.25) is 0 Å². The van der Waals surface area contributed by atoms with Crippen molar-refractivity contribution in [1.82, 2.24) is 0 Å². The molecule has 0 aliphatic heterocycles. The average Bonchev–Trinajstić information content (AvgIpc) is 2.26. The zero-order valence-electron chi connectivity index (χ0n) is 9.94. The van der Waals surface area contributed by atoms with Gasteiger partial charge in [-0.2, -0.15) is 0 Å². The Morgan fingerprint density at radius 2 is 1.56 bits per heavy atom. The second kappa shape index (κ2) is 3.57. The van der Waals surface area contributed by atoms with E-state index in [1.165, 1.54) is 12.1 Å². The SMILES string of the molecule is Cc1cc(=O)oc2c1ccc1oc(=O)cc(C)c12. The topological polar surface area (TPSA) is 60.4 Å². The van der Waals surface area contributed by atoms with E-state index in [2.05, 4.69) is 0 Å². The number of hydrogen-bond acceptors (Lipinski definition) is 4. The Labute approximate surface area is 101 Å². The molecule has 0 saturated heterocycles. The zero-order chi connectivity index (χ0) is 12.9. The molecule has 1 aromatic carbocycles. The second-order valence-corrected chi connectivity index (χ2v) is 4.31. The van der Waals surface area contributed by atoms with Crippen LogP contribution in [0, 0.1) is 13.8 Å². The molecule has 2 heterocycles. The largest absolute Gasteiger partial charge is 0.423 e. The molecule has 0 amide bonds. The Morgan fingerprint density at radius 1 is 0.889 bits per heavy atom. The van der Waals surface area contributed by atoms with E-state index < -0.39 is 11.3 Å². The first-order valence-corrected chi connectivity index (χ1v) is 5.54. The van der Waals surface area contributed by atoms with Gasteiger partial charge in [-0.25, -0.2) is 9.59 Å². The molecule has 0 unspecified atom stereocenters. The van der Waals surface area contributed by atoms with Crippen LogP contribution in [-0.2, 0) is 0 Å². The third kappa shape index (κ3) is 1.46. The van der Waals surface area contributed by atoms with Gasteiger partial charge in [-0.1, -0.05) is 0 Å². The Morgan fingerprint density at radius 3 is 2.33 bits per heavy atom. The van der Waals surface area contributed by atoms with Crippen LogP contribution in [0.4, 0.5) is 0 Å². The Balaban J connectivity index is 2.69. The van der Waals surface area contributed by atoms with Crippen LogP contribution in [0.5, 0.6) is 0 Å². The van der Waals surface area contributed by atoms with E-state index in [0.717, 1.165) is 16.5 Å². The van der Waals surface area contributed by atoms with Crippen LogP contribution in [0.15, 0.2) is 42.7 Å². The predicted octanol–water partition coefficient (Wildman–Crippen LogP) is 2.52. The van der Waals surface area contributed by atoms with Gasteiger partial charge in [0.15, 0.2) is 0 Å². The molecule has 3 aromatic rings. The number of aryl methyl sites for hydroxylation is 2. The van der Waals surface area contributed by atoms with Crippen molar-refractivity contribution < 1.29 is 8.83 Å². The van der Waals surface area contributed by atoms with Crippen molar-refractivity contribution in [2.45, 2.75) is 13.8 Å². The maximum Gasteiger partial charge on any atom is 0.336 e. The van der Waals surface area contributed by atoms with Crippen molar-refractivity contribution in [3.63, 3.8) is 0 Å². The van der Waals surface area contributed by atoms with E-state index in [9.17, 15) is 9.59 Å². The molecule has 0 fully saturated rings. The molecule has 0 aliphatic rings. The van der Waals surface area contributed by atoms with Crippen LogP contribution in [0.3, 0.4) is 0 Å². The number of benzene rings is 1. The van der Waals surface area contributed by atoms with Gasteiger partial charge >= 0.3 is 11.3 Å². The van der Waals surface area contributed by atoms with Crippen LogP contribution < -0.4 is 11.3 Å². The van der Waals surface area contributed by atoms with E-state index in [1.54, 1.807) is 19.1 Å². The van der Waals surface area contributed by atoms with Crippen molar-refractivity contribution in [2.24, 2.45) is 0 Å². The van der Waals surface area contributed by atoms with Gasteiger partial charge in [0.05, 0.1) is 5.39 Å². The lowest BCUT2D eigenvalue weighted by atomic mass is 10.1. The molecule has 0 radical (unpaired) electrons. The smallest absolute Gasteiger partial charge is 0.336 e. The lowest BCUT2D eigenvalue weighted by Crippen LogP contribution is -2.01. The van der Waals surface area contributed by atoms with Gasteiger partial charge in [0.25, 0.3) is 0 Å². The molecule has 0 saturated carbocycles. The maximum atomic E-state index is 11.5. The predicted molar refractivity (Wildman–Crippen MR) is 68.0 cm³/mol. The Kier molecular flexibility index (Phi) is 2.13. The lowest BCUT2D eigenvalue weighted by molar-refractivity contribution is 0.550. The van der Waals surface area contributed by atoms with Crippen molar-refractivity contribution in [2.75, 3.05) is 0 Å². The minimum Gasteiger partial charge on any atom is -0.423 e. The first-order chi connectivity index (χ1) is 8.56. The average molecular weight is 242 g/mol. The zero-order valence-corrected chi connectivity index (χ0v) is 9.94. The van der Waals surface area contributed by atoms with Crippen molar-refractivity contribution in [3.05, 3.63) is 56.2 Å². The minimum absolute atomic E-state index is 0.405. The summed E-state index contributed by atoms with van der Waals surface area (Å²) >= 11 is 0. The van der Waals surface area contributed by atoms with Gasteiger partial charge in [0.1, 0.15) is 11.2 Å². The fourth-order valence-electron chi connectivity index (χ4n) is 2.21. The second-order valence-electron chi connectivity index (χ2n) is 4.31. The number of hydrogen-bond donors (Lipinski definition) is 0. The molecule has 3 rings (SSSR count). The first kappa shape index (κ1) is 10.8. The summed E-state index contributed by atoms with van der Waals surface area (Å²) in [6.45, 7) is 3.64. The van der Waals surface area contributed by atoms with E-state index >= 15 is 0 Å². The van der Waals surface area contributed by atoms with Crippen molar-refractivity contribution >= 4 is 21.9 Å². The quantitative estimate of drug-likeness (QED) is 0.449. The standard InChI is InChI=1S/C14H10O4/c1-7-5-12(16)18-14-9(7)3-4-10-13(14)8(2)6-11(15)17-10/h3-6H,1-2H3. The summed E-state index contributed by atoms with van der Waals surface area (Å²) in [7, 11) is 0. The Bertz CT molecular complexity index is 884. The van der Waals surface area contributed by atoms with E-state index in [-0.39, 0.29) is 0 Å². The van der Waals surface area contributed by atoms with Crippen molar-refractivity contribution in [1.29, 1.82) is 0 Å². The molecule has 18 heavy (non-hydrogen) atoms. The highest BCUT2D eigenvalue weighted by Crippen LogP contribution is 2.27. The van der Waals surface area contributed by atoms with Crippen molar-refractivity contribution in [3.8, 4) is 0 Å². The minimum atomic E-state index is -0.408. The fourth-order valence-corrected chi connectivity index (χ4v) is 2.21. The van der Waals surface area contributed by atoms with Gasteiger partial charge < -0.3 is 8.83 Å². The molecule has 4 heteroatoms. The van der Waals surface area contributed by atoms with Gasteiger partial charge in [0, 0.05) is 17.5 Å². The van der Waals surface area contributed by atoms with Gasteiger partial charge in [-0.3, -0.25) is 0 Å². The molecule has 0 atom stereocenters. The first-order valence-electron chi connectivity index (χ1n) is 5.54. The van der Waals surface area contributed by atoms with E-state index in [4.69, 9.17) is 8.83 Å². The summed E-state index contributed by atoms with van der Waals surface area (Å²) in [5, 5.41) is 1.52. The van der Waals surface area contributed by atoms with Gasteiger partial charge in [-0.15, -0.1) is 0 Å². The summed E-state index contributed by atoms with van der Waals surface area (Å²) in [6.07, 6.45) is 0. The molecular weight excluding hydrogens is 232 g/mol. The van der Waals surface area contributed by atoms with Crippen LogP contribution in [0.2, 0.25) is 0 Å². The highest BCUT2D eigenvalue weighted by Gasteiger charge is 2.11. The van der Waals surface area contributed by atoms with Crippen LogP contribution in [0.25, 0.3) is 21.9 Å². The molecule has 0 N–H and O–H groups in total. The molecule has 90 valence electrons. The maximum absolute atomic E-state index is 11.5. The highest BCUT2D eigenvalue weighted by atomic mass is 16.4. The summed E-state index contributed by atoms with van der Waals surface area (Å²) < 4.78 is 10.4. The summed E-state index contributed by atoms with van der Waals surface area (Å²) in [4.78, 5) is 22.8. The van der Waals surface area contributed by atoms with Crippen LogP contribution in [0.1, 0.15) is 11.1 Å². The normalized spacial score (nSPS) is 11.2. The van der Waals surface area contributed by atoms with Crippen LogP contribution >= 0.6 is 0 Å². The Hall–Kier alpha value is -2.36. The third-order valence-corrected chi connectivity index (χ3v) is 3.02. The summed E-state index contributed by atoms with van der Waals surface area (Å²) in [5.74, 6) is 0. The molecule has 0 aliphatic carbocycles. The molecular formula is C14H10O4. The number of fused-ring (bicyclic) bond motifs is 3. The summed E-state index contributed by atoms with van der Waals surface area (Å²) in [5.41, 5.74) is 1.67. The third-order valence-electron chi connectivity index (χ3n) is 3.02. The lowest BCUT2D eigenvalue weighted by Gasteiger charge is -2.05. The van der Waals surface area contributed by atoms with Gasteiger partial charge in [-0.05, 0) is 37.1 Å². The molecule has 4 nitrogen and oxygen atoms in total. The highest BCUT2D eigenvalue weighted by molar-refractivity contribution is 6.04. The summed E-state index contributed by atoms with van der Waals surface area (Å²) in [6, 6.07) is 6.35. The number of rotatable bonds is 0. The molecule has 2 aromatic heterocycles. The van der Waals surface area contributed by atoms with E-state index in [0.29, 0.717) is 16.6 Å². The molecule has 0 bridgehead atoms. The van der Waals surface area contributed by atoms with Crippen LogP contribution in [-0.4, -0.2) is 0 Å².